The first-order chi connectivity index (χ1) is 16.0. The number of aromatic nitrogens is 1. The van der Waals surface area contributed by atoms with Gasteiger partial charge in [0.1, 0.15) is 17.4 Å². The molecule has 1 amide bonds. The van der Waals surface area contributed by atoms with Crippen LogP contribution in [0.4, 0.5) is 0 Å². The van der Waals surface area contributed by atoms with E-state index in [4.69, 9.17) is 14.2 Å². The maximum Gasteiger partial charge on any atom is 0.278 e. The van der Waals surface area contributed by atoms with Crippen molar-refractivity contribution in [1.29, 1.82) is 5.26 Å². The monoisotopic (exact) mass is 510 g/mol. The summed E-state index contributed by atoms with van der Waals surface area (Å²) in [5.41, 5.74) is 4.65. The number of amides is 1. The van der Waals surface area contributed by atoms with Gasteiger partial charge in [0.2, 0.25) is 5.88 Å². The number of hydrogen-bond acceptors (Lipinski definition) is 7. The zero-order chi connectivity index (χ0) is 23.8. The molecule has 170 valence electrons. The van der Waals surface area contributed by atoms with E-state index in [9.17, 15) is 10.1 Å². The third-order valence-corrected chi connectivity index (χ3v) is 5.77. The number of benzene rings is 2. The van der Waals surface area contributed by atoms with Crippen LogP contribution in [0, 0.1) is 18.3 Å². The average Bonchev–Trinajstić information content (AvgIpc) is 2.82. The number of hydrazone groups is 1. The Kier molecular flexibility index (Phi) is 8.35. The van der Waals surface area contributed by atoms with Gasteiger partial charge in [-0.15, -0.1) is 0 Å². The largest absolute Gasteiger partial charge is 0.493 e. The van der Waals surface area contributed by atoms with Crippen LogP contribution in [0.1, 0.15) is 29.3 Å². The van der Waals surface area contributed by atoms with Crippen molar-refractivity contribution in [2.24, 2.45) is 5.10 Å². The summed E-state index contributed by atoms with van der Waals surface area (Å²) in [5, 5.41) is 15.6. The number of nitrogens with zero attached hydrogens (tertiary/aromatic N) is 3. The van der Waals surface area contributed by atoms with E-state index < -0.39 is 5.91 Å². The topological polar surface area (TPSA) is 106 Å². The molecule has 0 spiro atoms. The second-order valence-corrected chi connectivity index (χ2v) is 7.72. The fraction of sp³-hybridized carbons (Fsp3) is 0.250. The number of halogens is 1. The molecule has 1 aromatic heterocycles. The van der Waals surface area contributed by atoms with Crippen LogP contribution >= 0.6 is 15.9 Å². The lowest BCUT2D eigenvalue weighted by atomic mass is 10.0. The quantitative estimate of drug-likeness (QED) is 0.340. The van der Waals surface area contributed by atoms with Gasteiger partial charge in [0, 0.05) is 22.7 Å². The highest BCUT2D eigenvalue weighted by atomic mass is 79.9. The van der Waals surface area contributed by atoms with Crippen LogP contribution < -0.4 is 14.9 Å². The zero-order valence-corrected chi connectivity index (χ0v) is 20.1. The number of pyridine rings is 1. The van der Waals surface area contributed by atoms with Crippen molar-refractivity contribution in [3.8, 4) is 17.7 Å². The number of rotatable bonds is 9. The SMILES string of the molecule is CCOc1ccc2ccccc2c1/C=N\NC(=O)COc1nc(C)c(Br)c(COC)c1C#N. The number of carbonyl (C=O) groups is 1. The molecule has 0 unspecified atom stereocenters. The summed E-state index contributed by atoms with van der Waals surface area (Å²) >= 11 is 3.42. The molecule has 2 aromatic carbocycles. The molecule has 33 heavy (non-hydrogen) atoms. The second kappa shape index (κ2) is 11.4. The summed E-state index contributed by atoms with van der Waals surface area (Å²) in [5.74, 6) is 0.241. The second-order valence-electron chi connectivity index (χ2n) is 6.93. The Balaban J connectivity index is 1.74. The lowest BCUT2D eigenvalue weighted by molar-refractivity contribution is -0.123. The summed E-state index contributed by atoms with van der Waals surface area (Å²) in [6.07, 6.45) is 1.55. The van der Waals surface area contributed by atoms with Crippen molar-refractivity contribution in [2.45, 2.75) is 20.5 Å². The Hall–Kier alpha value is -3.48. The third-order valence-electron chi connectivity index (χ3n) is 4.72. The molecule has 1 N–H and O–H groups in total. The Bertz CT molecular complexity index is 1240. The predicted octanol–water partition coefficient (Wildman–Crippen LogP) is 4.25. The summed E-state index contributed by atoms with van der Waals surface area (Å²) in [4.78, 5) is 16.6. The molecule has 0 fully saturated rings. The van der Waals surface area contributed by atoms with Crippen LogP contribution in [0.15, 0.2) is 46.0 Å². The van der Waals surface area contributed by atoms with Crippen molar-refractivity contribution >= 4 is 38.8 Å². The molecule has 3 rings (SSSR count). The van der Waals surface area contributed by atoms with Crippen LogP contribution in [0.2, 0.25) is 0 Å². The van der Waals surface area contributed by atoms with Crippen molar-refractivity contribution in [3.05, 3.63) is 63.3 Å². The Labute approximate surface area is 200 Å². The van der Waals surface area contributed by atoms with Gasteiger partial charge in [-0.25, -0.2) is 10.4 Å². The van der Waals surface area contributed by atoms with E-state index in [0.717, 1.165) is 16.3 Å². The summed E-state index contributed by atoms with van der Waals surface area (Å²) in [6, 6.07) is 13.8. The fourth-order valence-corrected chi connectivity index (χ4v) is 3.64. The number of fused-ring (bicyclic) bond motifs is 1. The van der Waals surface area contributed by atoms with Crippen molar-refractivity contribution in [1.82, 2.24) is 10.4 Å². The molecule has 0 bridgehead atoms. The van der Waals surface area contributed by atoms with Gasteiger partial charge < -0.3 is 14.2 Å². The van der Waals surface area contributed by atoms with Gasteiger partial charge in [0.15, 0.2) is 6.61 Å². The molecule has 0 atom stereocenters. The first kappa shape index (κ1) is 24.2. The molecular weight excluding hydrogens is 488 g/mol. The summed E-state index contributed by atoms with van der Waals surface area (Å²) in [7, 11) is 1.53. The molecule has 0 aliphatic carbocycles. The van der Waals surface area contributed by atoms with E-state index in [0.29, 0.717) is 28.1 Å². The molecule has 1 heterocycles. The van der Waals surface area contributed by atoms with E-state index in [1.54, 1.807) is 13.1 Å². The van der Waals surface area contributed by atoms with Gasteiger partial charge in [-0.3, -0.25) is 4.79 Å². The lowest BCUT2D eigenvalue weighted by Gasteiger charge is -2.13. The van der Waals surface area contributed by atoms with Crippen LogP contribution in [-0.4, -0.2) is 37.4 Å². The van der Waals surface area contributed by atoms with Gasteiger partial charge in [-0.2, -0.15) is 10.4 Å². The van der Waals surface area contributed by atoms with Crippen molar-refractivity contribution < 1.29 is 19.0 Å². The molecule has 8 nitrogen and oxygen atoms in total. The minimum absolute atomic E-state index is 0.0667. The molecule has 0 saturated carbocycles. The number of aryl methyl sites for hydroxylation is 1. The van der Waals surface area contributed by atoms with Gasteiger partial charge in [0.25, 0.3) is 5.91 Å². The maximum absolute atomic E-state index is 12.3. The Morgan fingerprint density at radius 1 is 1.27 bits per heavy atom. The molecule has 0 radical (unpaired) electrons. The normalized spacial score (nSPS) is 10.9. The minimum Gasteiger partial charge on any atom is -0.493 e. The zero-order valence-electron chi connectivity index (χ0n) is 18.5. The van der Waals surface area contributed by atoms with Gasteiger partial charge in [-0.1, -0.05) is 30.3 Å². The number of nitrogens with one attached hydrogen (secondary N) is 1. The van der Waals surface area contributed by atoms with E-state index >= 15 is 0 Å². The first-order valence-electron chi connectivity index (χ1n) is 10.2. The number of ether oxygens (including phenoxy) is 3. The maximum atomic E-state index is 12.3. The van der Waals surface area contributed by atoms with Crippen LogP contribution in [-0.2, 0) is 16.1 Å². The van der Waals surface area contributed by atoms with Gasteiger partial charge in [0.05, 0.1) is 25.1 Å². The molecule has 9 heteroatoms. The summed E-state index contributed by atoms with van der Waals surface area (Å²) in [6.45, 7) is 4.01. The average molecular weight is 511 g/mol. The first-order valence-corrected chi connectivity index (χ1v) is 11.0. The van der Waals surface area contributed by atoms with Crippen LogP contribution in [0.3, 0.4) is 0 Å². The van der Waals surface area contributed by atoms with E-state index in [2.05, 4.69) is 37.5 Å². The highest BCUT2D eigenvalue weighted by Gasteiger charge is 2.18. The van der Waals surface area contributed by atoms with Crippen molar-refractivity contribution in [2.75, 3.05) is 20.3 Å². The van der Waals surface area contributed by atoms with E-state index in [-0.39, 0.29) is 24.7 Å². The van der Waals surface area contributed by atoms with Crippen molar-refractivity contribution in [3.63, 3.8) is 0 Å². The van der Waals surface area contributed by atoms with Gasteiger partial charge >= 0.3 is 0 Å². The number of methoxy groups -OCH3 is 1. The highest BCUT2D eigenvalue weighted by Crippen LogP contribution is 2.30. The minimum atomic E-state index is -0.496. The van der Waals surface area contributed by atoms with E-state index in [1.807, 2.05) is 43.3 Å². The molecule has 0 saturated heterocycles. The fourth-order valence-electron chi connectivity index (χ4n) is 3.24. The molecule has 0 aliphatic heterocycles. The Morgan fingerprint density at radius 3 is 2.79 bits per heavy atom. The summed E-state index contributed by atoms with van der Waals surface area (Å²) < 4.78 is 17.1. The standard InChI is InChI=1S/C24H23BrN4O4/c1-4-32-21-10-9-16-7-5-6-8-17(16)19(21)12-27-29-22(30)14-33-24-18(11-26)20(13-31-3)23(25)15(2)28-24/h5-10,12H,4,13-14H2,1-3H3,(H,29,30)/b27-12-. The molecule has 3 aromatic rings. The Morgan fingerprint density at radius 2 is 2.06 bits per heavy atom. The number of carbonyl (C=O) groups excluding carboxylic acids is 1. The smallest absolute Gasteiger partial charge is 0.278 e. The molecular formula is C24H23BrN4O4. The number of hydrogen-bond donors (Lipinski definition) is 1. The van der Waals surface area contributed by atoms with Crippen LogP contribution in [0.25, 0.3) is 10.8 Å². The van der Waals surface area contributed by atoms with Gasteiger partial charge in [-0.05, 0) is 46.6 Å². The highest BCUT2D eigenvalue weighted by molar-refractivity contribution is 9.10. The number of nitriles is 1. The van der Waals surface area contributed by atoms with Crippen LogP contribution in [0.5, 0.6) is 11.6 Å². The van der Waals surface area contributed by atoms with E-state index in [1.165, 1.54) is 7.11 Å². The molecule has 0 aliphatic rings. The third kappa shape index (κ3) is 5.66. The lowest BCUT2D eigenvalue weighted by Crippen LogP contribution is -2.25. The predicted molar refractivity (Wildman–Crippen MR) is 128 cm³/mol.